The molecule has 11 rings (SSSR count). The Kier molecular flexibility index (Phi) is 11.1. The zero-order valence-electron chi connectivity index (χ0n) is 37.2. The molecule has 0 amide bonds. The van der Waals surface area contributed by atoms with Crippen LogP contribution < -0.4 is 11.5 Å². The van der Waals surface area contributed by atoms with Gasteiger partial charge in [-0.15, -0.1) is 22.7 Å². The van der Waals surface area contributed by atoms with E-state index in [2.05, 4.69) is 64.1 Å². The summed E-state index contributed by atoms with van der Waals surface area (Å²) in [5.41, 5.74) is 27.0. The van der Waals surface area contributed by atoms with Gasteiger partial charge in [0.05, 0.1) is 23.5 Å². The molecule has 1 aliphatic carbocycles. The summed E-state index contributed by atoms with van der Waals surface area (Å²) < 4.78 is 32.4. The van der Waals surface area contributed by atoms with Crippen LogP contribution in [0, 0.1) is 11.8 Å². The number of unbranched alkanes of at least 4 members (excludes halogenated alkanes) is 2. The first-order chi connectivity index (χ1) is 31.8. The van der Waals surface area contributed by atoms with Crippen LogP contribution >= 0.6 is 46.1 Å². The molecule has 0 saturated carbocycles. The fourth-order valence-corrected chi connectivity index (χ4v) is 14.6. The Morgan fingerprint density at radius 2 is 0.985 bits per heavy atom. The van der Waals surface area contributed by atoms with Crippen LogP contribution in [0.2, 0.25) is 0 Å². The molecule has 8 nitrogen and oxygen atoms in total. The first-order valence-electron chi connectivity index (χ1n) is 23.2. The number of anilines is 2. The summed E-state index contributed by atoms with van der Waals surface area (Å²) in [6, 6.07) is 29.4. The van der Waals surface area contributed by atoms with Crippen molar-refractivity contribution in [2.75, 3.05) is 11.5 Å². The van der Waals surface area contributed by atoms with Crippen LogP contribution in [0.25, 0.3) is 97.3 Å². The minimum atomic E-state index is -0.193. The predicted octanol–water partition coefficient (Wildman–Crippen LogP) is 16.6. The standard InChI is InChI=1S/C53H52N6O2S4/c1-5-9-15-29(7-3)27-53(28-30(8-4)16-10-6-2)35-25-43(45-37(54)23-33(47-49(45)58-64-56-47)41-21-31-17-11-13-19-39(31)60-41)62-51(35)52-36(53)26-44(63-52)46-38(55)24-34(48-50(46)59-65-57-48)42-22-32-18-12-14-20-40(32)61-42/h11-14,17-26,29-30H,5-10,15-16,27-28,54-55H2,1-4H3. The molecule has 6 aromatic heterocycles. The fourth-order valence-electron chi connectivity index (χ4n) is 10.7. The lowest BCUT2D eigenvalue weighted by molar-refractivity contribution is 0.266. The van der Waals surface area contributed by atoms with Crippen molar-refractivity contribution in [3.8, 4) is 53.3 Å². The van der Waals surface area contributed by atoms with Crippen molar-refractivity contribution in [3.05, 3.63) is 96.1 Å². The van der Waals surface area contributed by atoms with E-state index in [1.165, 1.54) is 82.9 Å². The summed E-state index contributed by atoms with van der Waals surface area (Å²) in [6.07, 6.45) is 11.8. The Morgan fingerprint density at radius 1 is 0.554 bits per heavy atom. The van der Waals surface area contributed by atoms with E-state index in [0.717, 1.165) is 113 Å². The number of fused-ring (bicyclic) bond motifs is 7. The maximum absolute atomic E-state index is 7.19. The van der Waals surface area contributed by atoms with Crippen molar-refractivity contribution in [1.82, 2.24) is 17.5 Å². The molecule has 330 valence electrons. The van der Waals surface area contributed by atoms with E-state index in [-0.39, 0.29) is 5.41 Å². The highest BCUT2D eigenvalue weighted by Gasteiger charge is 2.48. The van der Waals surface area contributed by atoms with Gasteiger partial charge in [-0.2, -0.15) is 17.5 Å². The Balaban J connectivity index is 1.10. The number of benzene rings is 4. The van der Waals surface area contributed by atoms with Crippen molar-refractivity contribution in [2.24, 2.45) is 11.8 Å². The third-order valence-corrected chi connectivity index (χ3v) is 17.6. The van der Waals surface area contributed by atoms with E-state index in [9.17, 15) is 0 Å². The number of furan rings is 2. The first kappa shape index (κ1) is 42.2. The SMILES string of the molecule is CCCCC(CC)CC1(CC(CC)CCCC)c2cc(-c3c(N)cc(-c4cc5ccccc5o4)c4nsnc34)sc2-c2sc(-c3c(N)cc(-c4cc5ccccc5o4)c4nsnc34)cc21. The van der Waals surface area contributed by atoms with Crippen molar-refractivity contribution in [1.29, 1.82) is 0 Å². The normalized spacial score (nSPS) is 14.3. The summed E-state index contributed by atoms with van der Waals surface area (Å²) >= 11 is 6.17. The number of hydrogen-bond donors (Lipinski definition) is 2. The van der Waals surface area contributed by atoms with Gasteiger partial charge >= 0.3 is 0 Å². The predicted molar refractivity (Wildman–Crippen MR) is 276 cm³/mol. The minimum absolute atomic E-state index is 0.193. The van der Waals surface area contributed by atoms with Gasteiger partial charge in [0.2, 0.25) is 0 Å². The van der Waals surface area contributed by atoms with Gasteiger partial charge in [-0.3, -0.25) is 0 Å². The number of nitrogens with zero attached hydrogens (tertiary/aromatic N) is 4. The van der Waals surface area contributed by atoms with Crippen molar-refractivity contribution < 1.29 is 8.83 Å². The highest BCUT2D eigenvalue weighted by atomic mass is 32.1. The maximum atomic E-state index is 7.19. The van der Waals surface area contributed by atoms with Gasteiger partial charge in [0.25, 0.3) is 0 Å². The lowest BCUT2D eigenvalue weighted by Crippen LogP contribution is -2.31. The molecule has 10 aromatic rings. The number of rotatable bonds is 16. The number of nitrogens with two attached hydrogens (primary N) is 2. The molecule has 0 saturated heterocycles. The van der Waals surface area contributed by atoms with Gasteiger partial charge < -0.3 is 20.3 Å². The molecular formula is C53H52N6O2S4. The largest absolute Gasteiger partial charge is 0.456 e. The Labute approximate surface area is 395 Å². The summed E-state index contributed by atoms with van der Waals surface area (Å²) in [7, 11) is 0. The van der Waals surface area contributed by atoms with E-state index < -0.39 is 0 Å². The minimum Gasteiger partial charge on any atom is -0.456 e. The van der Waals surface area contributed by atoms with Crippen LogP contribution in [0.3, 0.4) is 0 Å². The summed E-state index contributed by atoms with van der Waals surface area (Å²) in [4.78, 5) is 4.94. The first-order valence-corrected chi connectivity index (χ1v) is 26.3. The molecule has 0 aliphatic heterocycles. The van der Waals surface area contributed by atoms with E-state index in [4.69, 9.17) is 37.8 Å². The monoisotopic (exact) mass is 932 g/mol. The molecular weight excluding hydrogens is 881 g/mol. The van der Waals surface area contributed by atoms with Crippen LogP contribution in [0.1, 0.15) is 103 Å². The number of aromatic nitrogens is 4. The molecule has 2 atom stereocenters. The zero-order valence-corrected chi connectivity index (χ0v) is 40.5. The molecule has 65 heavy (non-hydrogen) atoms. The van der Waals surface area contributed by atoms with Gasteiger partial charge in [0.1, 0.15) is 44.8 Å². The number of nitrogen functional groups attached to an aromatic ring is 2. The van der Waals surface area contributed by atoms with Gasteiger partial charge in [-0.1, -0.05) is 115 Å². The van der Waals surface area contributed by atoms with E-state index >= 15 is 0 Å². The smallest absolute Gasteiger partial charge is 0.137 e. The zero-order chi connectivity index (χ0) is 44.4. The van der Waals surface area contributed by atoms with E-state index in [1.54, 1.807) is 0 Å². The van der Waals surface area contributed by atoms with Crippen molar-refractivity contribution >= 4 is 102 Å². The van der Waals surface area contributed by atoms with Crippen LogP contribution in [0.5, 0.6) is 0 Å². The van der Waals surface area contributed by atoms with Gasteiger partial charge in [0.15, 0.2) is 0 Å². The Hall–Kier alpha value is -5.40. The van der Waals surface area contributed by atoms with Crippen LogP contribution in [-0.2, 0) is 5.41 Å². The maximum Gasteiger partial charge on any atom is 0.137 e. The Morgan fingerprint density at radius 3 is 1.40 bits per heavy atom. The van der Waals surface area contributed by atoms with E-state index in [0.29, 0.717) is 23.2 Å². The Bertz CT molecular complexity index is 3080. The van der Waals surface area contributed by atoms with Crippen LogP contribution in [-0.4, -0.2) is 17.5 Å². The average Bonchev–Trinajstić information content (AvgIpc) is 4.19. The molecule has 0 radical (unpaired) electrons. The number of para-hydroxylation sites is 2. The molecule has 0 spiro atoms. The molecule has 0 fully saturated rings. The van der Waals surface area contributed by atoms with Crippen LogP contribution in [0.15, 0.2) is 93.8 Å². The lowest BCUT2D eigenvalue weighted by atomic mass is 9.65. The molecule has 6 heterocycles. The van der Waals surface area contributed by atoms with Crippen LogP contribution in [0.4, 0.5) is 11.4 Å². The average molecular weight is 933 g/mol. The third kappa shape index (κ3) is 7.10. The van der Waals surface area contributed by atoms with Gasteiger partial charge in [0, 0.05) is 69.3 Å². The highest BCUT2D eigenvalue weighted by Crippen LogP contribution is 2.64. The molecule has 4 aromatic carbocycles. The highest BCUT2D eigenvalue weighted by molar-refractivity contribution is 7.26. The van der Waals surface area contributed by atoms with Gasteiger partial charge in [-0.05, 0) is 84.3 Å². The topological polar surface area (TPSA) is 130 Å². The summed E-state index contributed by atoms with van der Waals surface area (Å²) in [5, 5.41) is 2.09. The third-order valence-electron chi connectivity index (χ3n) is 14.1. The number of thiophene rings is 2. The summed E-state index contributed by atoms with van der Waals surface area (Å²) in [6.45, 7) is 9.42. The van der Waals surface area contributed by atoms with Gasteiger partial charge in [-0.25, -0.2) is 0 Å². The quantitative estimate of drug-likeness (QED) is 0.0916. The molecule has 2 unspecified atom stereocenters. The second kappa shape index (κ2) is 17.1. The second-order valence-corrected chi connectivity index (χ2v) is 21.2. The lowest BCUT2D eigenvalue weighted by Gasteiger charge is -2.37. The molecule has 12 heteroatoms. The van der Waals surface area contributed by atoms with Crippen molar-refractivity contribution in [2.45, 2.75) is 97.3 Å². The molecule has 0 bridgehead atoms. The van der Waals surface area contributed by atoms with Crippen molar-refractivity contribution in [3.63, 3.8) is 0 Å². The molecule has 1 aliphatic rings. The molecule has 4 N–H and O–H groups in total. The van der Waals surface area contributed by atoms with E-state index in [1.807, 2.05) is 71.2 Å². The number of hydrogen-bond acceptors (Lipinski definition) is 12. The summed E-state index contributed by atoms with van der Waals surface area (Å²) in [5.74, 6) is 2.65. The fraction of sp³-hybridized carbons (Fsp3) is 0.321. The second-order valence-electron chi connectivity index (χ2n) is 18.0.